The van der Waals surface area contributed by atoms with Gasteiger partial charge < -0.3 is 5.32 Å². The Morgan fingerprint density at radius 3 is 2.41 bits per heavy atom. The standard InChI is InChI=1S/C18H25N3O/c1-5-14-7-9-15(10-8-14)17-11-16(12-19-13(3)4)18(22)21(6-2)20-17/h7-11,13,19H,5-6,12H2,1-4H3. The first-order valence-corrected chi connectivity index (χ1v) is 7.98. The van der Waals surface area contributed by atoms with Gasteiger partial charge in [-0.2, -0.15) is 5.10 Å². The summed E-state index contributed by atoms with van der Waals surface area (Å²) in [5.74, 6) is 0. The number of hydrogen-bond donors (Lipinski definition) is 1. The minimum absolute atomic E-state index is 0.00965. The van der Waals surface area contributed by atoms with Crippen LogP contribution >= 0.6 is 0 Å². The molecule has 0 unspecified atom stereocenters. The number of benzene rings is 1. The van der Waals surface area contributed by atoms with Crippen LogP contribution in [0.4, 0.5) is 0 Å². The van der Waals surface area contributed by atoms with Crippen LogP contribution in [0.1, 0.15) is 38.8 Å². The maximum Gasteiger partial charge on any atom is 0.271 e. The molecule has 1 N–H and O–H groups in total. The van der Waals surface area contributed by atoms with E-state index in [2.05, 4.69) is 55.5 Å². The highest BCUT2D eigenvalue weighted by Crippen LogP contribution is 2.17. The molecule has 118 valence electrons. The third-order valence-electron chi connectivity index (χ3n) is 3.71. The van der Waals surface area contributed by atoms with Crippen LogP contribution in [-0.4, -0.2) is 15.8 Å². The fourth-order valence-corrected chi connectivity index (χ4v) is 2.30. The van der Waals surface area contributed by atoms with Crippen molar-refractivity contribution in [3.63, 3.8) is 0 Å². The van der Waals surface area contributed by atoms with E-state index in [4.69, 9.17) is 0 Å². The van der Waals surface area contributed by atoms with Gasteiger partial charge in [-0.05, 0) is 25.0 Å². The Kier molecular flexibility index (Phi) is 5.50. The van der Waals surface area contributed by atoms with Crippen LogP contribution in [0.3, 0.4) is 0 Å². The largest absolute Gasteiger partial charge is 0.310 e. The molecule has 0 aliphatic heterocycles. The van der Waals surface area contributed by atoms with E-state index in [1.54, 1.807) is 4.68 Å². The van der Waals surface area contributed by atoms with Crippen molar-refractivity contribution in [3.8, 4) is 11.3 Å². The zero-order chi connectivity index (χ0) is 16.1. The summed E-state index contributed by atoms with van der Waals surface area (Å²) in [5, 5.41) is 7.79. The van der Waals surface area contributed by atoms with Crippen LogP contribution in [0.15, 0.2) is 35.1 Å². The molecule has 22 heavy (non-hydrogen) atoms. The van der Waals surface area contributed by atoms with Crippen molar-refractivity contribution < 1.29 is 0 Å². The van der Waals surface area contributed by atoms with Gasteiger partial charge in [-0.1, -0.05) is 45.0 Å². The maximum absolute atomic E-state index is 12.4. The Morgan fingerprint density at radius 1 is 1.18 bits per heavy atom. The van der Waals surface area contributed by atoms with E-state index in [0.29, 0.717) is 19.1 Å². The molecular weight excluding hydrogens is 274 g/mol. The number of hydrogen-bond acceptors (Lipinski definition) is 3. The molecule has 4 heteroatoms. The molecule has 2 rings (SSSR count). The maximum atomic E-state index is 12.4. The Bertz CT molecular complexity index is 672. The molecule has 0 atom stereocenters. The molecule has 1 aromatic carbocycles. The normalized spacial score (nSPS) is 11.1. The van der Waals surface area contributed by atoms with Crippen LogP contribution in [-0.2, 0) is 19.5 Å². The molecule has 0 spiro atoms. The monoisotopic (exact) mass is 299 g/mol. The molecule has 0 amide bonds. The lowest BCUT2D eigenvalue weighted by Crippen LogP contribution is -2.31. The number of rotatable bonds is 6. The van der Waals surface area contributed by atoms with Gasteiger partial charge in [0.1, 0.15) is 0 Å². The number of aromatic nitrogens is 2. The molecule has 4 nitrogen and oxygen atoms in total. The van der Waals surface area contributed by atoms with Crippen LogP contribution in [0.2, 0.25) is 0 Å². The minimum Gasteiger partial charge on any atom is -0.310 e. The highest BCUT2D eigenvalue weighted by molar-refractivity contribution is 5.59. The van der Waals surface area contributed by atoms with Crippen molar-refractivity contribution in [2.45, 2.75) is 53.2 Å². The summed E-state index contributed by atoms with van der Waals surface area (Å²) in [6, 6.07) is 10.6. The lowest BCUT2D eigenvalue weighted by molar-refractivity contribution is 0.564. The van der Waals surface area contributed by atoms with Crippen molar-refractivity contribution in [2.75, 3.05) is 0 Å². The van der Waals surface area contributed by atoms with Gasteiger partial charge in [0.15, 0.2) is 0 Å². The average molecular weight is 299 g/mol. The summed E-state index contributed by atoms with van der Waals surface area (Å²) in [4.78, 5) is 12.4. The first-order valence-electron chi connectivity index (χ1n) is 7.98. The summed E-state index contributed by atoms with van der Waals surface area (Å²) in [6.45, 7) is 9.37. The van der Waals surface area contributed by atoms with Gasteiger partial charge in [0.25, 0.3) is 5.56 Å². The van der Waals surface area contributed by atoms with E-state index in [1.165, 1.54) is 5.56 Å². The molecule has 1 aromatic heterocycles. The molecule has 0 aliphatic carbocycles. The Labute approximate surface area is 132 Å². The molecule has 0 aliphatic rings. The number of aryl methyl sites for hydroxylation is 2. The lowest BCUT2D eigenvalue weighted by atomic mass is 10.1. The Balaban J connectivity index is 2.41. The summed E-state index contributed by atoms with van der Waals surface area (Å²) < 4.78 is 1.54. The summed E-state index contributed by atoms with van der Waals surface area (Å²) >= 11 is 0. The SMILES string of the molecule is CCc1ccc(-c2cc(CNC(C)C)c(=O)n(CC)n2)cc1. The van der Waals surface area contributed by atoms with Crippen molar-refractivity contribution in [1.82, 2.24) is 15.1 Å². The number of nitrogens with one attached hydrogen (secondary N) is 1. The van der Waals surface area contributed by atoms with Gasteiger partial charge in [0.05, 0.1) is 5.69 Å². The zero-order valence-corrected chi connectivity index (χ0v) is 13.9. The van der Waals surface area contributed by atoms with Crippen molar-refractivity contribution >= 4 is 0 Å². The molecular formula is C18H25N3O. The van der Waals surface area contributed by atoms with Crippen molar-refractivity contribution in [1.29, 1.82) is 0 Å². The fourth-order valence-electron chi connectivity index (χ4n) is 2.30. The Hall–Kier alpha value is -1.94. The smallest absolute Gasteiger partial charge is 0.271 e. The summed E-state index contributed by atoms with van der Waals surface area (Å²) in [7, 11) is 0. The van der Waals surface area contributed by atoms with Crippen molar-refractivity contribution in [3.05, 3.63) is 51.8 Å². The average Bonchev–Trinajstić information content (AvgIpc) is 2.54. The van der Waals surface area contributed by atoms with Gasteiger partial charge in [-0.25, -0.2) is 4.68 Å². The van der Waals surface area contributed by atoms with Crippen LogP contribution in [0.25, 0.3) is 11.3 Å². The van der Waals surface area contributed by atoms with Crippen LogP contribution in [0.5, 0.6) is 0 Å². The van der Waals surface area contributed by atoms with E-state index in [-0.39, 0.29) is 5.56 Å². The lowest BCUT2D eigenvalue weighted by Gasteiger charge is -2.12. The molecule has 0 radical (unpaired) electrons. The highest BCUT2D eigenvalue weighted by Gasteiger charge is 2.09. The van der Waals surface area contributed by atoms with Gasteiger partial charge in [0, 0.05) is 30.3 Å². The first-order chi connectivity index (χ1) is 10.5. The molecule has 0 fully saturated rings. The molecule has 0 bridgehead atoms. The van der Waals surface area contributed by atoms with E-state index in [9.17, 15) is 4.79 Å². The third kappa shape index (κ3) is 3.83. The molecule has 1 heterocycles. The second-order valence-electron chi connectivity index (χ2n) is 5.76. The topological polar surface area (TPSA) is 46.9 Å². The zero-order valence-electron chi connectivity index (χ0n) is 13.9. The van der Waals surface area contributed by atoms with Gasteiger partial charge >= 0.3 is 0 Å². The van der Waals surface area contributed by atoms with Gasteiger partial charge in [-0.15, -0.1) is 0 Å². The van der Waals surface area contributed by atoms with E-state index < -0.39 is 0 Å². The molecule has 0 saturated heterocycles. The van der Waals surface area contributed by atoms with E-state index >= 15 is 0 Å². The number of nitrogens with zero attached hydrogens (tertiary/aromatic N) is 2. The van der Waals surface area contributed by atoms with Gasteiger partial charge in [0.2, 0.25) is 0 Å². The quantitative estimate of drug-likeness (QED) is 0.892. The summed E-state index contributed by atoms with van der Waals surface area (Å²) in [5.41, 5.74) is 3.95. The summed E-state index contributed by atoms with van der Waals surface area (Å²) in [6.07, 6.45) is 1.02. The predicted octanol–water partition coefficient (Wildman–Crippen LogP) is 2.99. The second kappa shape index (κ2) is 7.36. The second-order valence-corrected chi connectivity index (χ2v) is 5.76. The van der Waals surface area contributed by atoms with E-state index in [0.717, 1.165) is 23.2 Å². The van der Waals surface area contributed by atoms with E-state index in [1.807, 2.05) is 13.0 Å². The van der Waals surface area contributed by atoms with Gasteiger partial charge in [-0.3, -0.25) is 4.79 Å². The highest BCUT2D eigenvalue weighted by atomic mass is 16.1. The first kappa shape index (κ1) is 16.4. The fraction of sp³-hybridized carbons (Fsp3) is 0.444. The predicted molar refractivity (Wildman–Crippen MR) is 91.0 cm³/mol. The van der Waals surface area contributed by atoms with Crippen molar-refractivity contribution in [2.24, 2.45) is 0 Å². The van der Waals surface area contributed by atoms with Crippen LogP contribution in [0, 0.1) is 0 Å². The molecule has 2 aromatic rings. The Morgan fingerprint density at radius 2 is 1.86 bits per heavy atom. The third-order valence-corrected chi connectivity index (χ3v) is 3.71. The minimum atomic E-state index is -0.00965. The van der Waals surface area contributed by atoms with Crippen LogP contribution < -0.4 is 10.9 Å². The molecule has 0 saturated carbocycles.